The highest BCUT2D eigenvalue weighted by atomic mass is 35.5. The number of carbonyl (C=O) groups excluding carboxylic acids is 2. The van der Waals surface area contributed by atoms with Crippen molar-refractivity contribution in [1.29, 1.82) is 0 Å². The molecular weight excluding hydrogens is 582 g/mol. The van der Waals surface area contributed by atoms with Crippen LogP contribution in [-0.2, 0) is 32.6 Å². The van der Waals surface area contributed by atoms with Gasteiger partial charge in [-0.15, -0.1) is 0 Å². The quantitative estimate of drug-likeness (QED) is 0.230. The first-order valence-electron chi connectivity index (χ1n) is 14.5. The molecule has 2 amide bonds. The van der Waals surface area contributed by atoms with Gasteiger partial charge in [0.05, 0.1) is 11.4 Å². The standard InChI is InChI=1S/C34H36ClN3O4S/c1-37(43(41,42)31-19-18-27-13-5-6-14-28(27)22-31)24-33(39)38(23-26-12-9-15-29(35)20-26)32(21-25-10-3-2-4-11-25)34(40)36-30-16-7-8-17-30/h2-6,9-15,18-20,22,30,32H,7-8,16-17,21,23-24H2,1H3,(H,36,40). The Hall–Kier alpha value is -3.72. The van der Waals surface area contributed by atoms with Crippen molar-refractivity contribution in [1.82, 2.24) is 14.5 Å². The second kappa shape index (κ2) is 13.7. The van der Waals surface area contributed by atoms with E-state index in [-0.39, 0.29) is 29.8 Å². The summed E-state index contributed by atoms with van der Waals surface area (Å²) < 4.78 is 28.3. The van der Waals surface area contributed by atoms with Crippen molar-refractivity contribution in [2.75, 3.05) is 13.6 Å². The van der Waals surface area contributed by atoms with E-state index in [1.165, 1.54) is 11.9 Å². The van der Waals surface area contributed by atoms with Gasteiger partial charge in [0.15, 0.2) is 0 Å². The van der Waals surface area contributed by atoms with Crippen LogP contribution < -0.4 is 5.32 Å². The summed E-state index contributed by atoms with van der Waals surface area (Å²) in [6, 6.07) is 28.3. The number of rotatable bonds is 11. The molecule has 1 atom stereocenters. The number of hydrogen-bond donors (Lipinski definition) is 1. The topological polar surface area (TPSA) is 86.8 Å². The highest BCUT2D eigenvalue weighted by molar-refractivity contribution is 7.89. The molecule has 0 aliphatic heterocycles. The van der Waals surface area contributed by atoms with Crippen LogP contribution in [0.3, 0.4) is 0 Å². The number of fused-ring (bicyclic) bond motifs is 1. The van der Waals surface area contributed by atoms with Crippen molar-refractivity contribution in [2.24, 2.45) is 0 Å². The summed E-state index contributed by atoms with van der Waals surface area (Å²) in [5, 5.41) is 5.39. The Morgan fingerprint density at radius 2 is 1.53 bits per heavy atom. The van der Waals surface area contributed by atoms with Gasteiger partial charge in [0.25, 0.3) is 0 Å². The number of carbonyl (C=O) groups is 2. The third-order valence-electron chi connectivity index (χ3n) is 8.00. The molecule has 43 heavy (non-hydrogen) atoms. The molecule has 1 saturated carbocycles. The maximum Gasteiger partial charge on any atom is 0.243 e. The summed E-state index contributed by atoms with van der Waals surface area (Å²) in [7, 11) is -2.60. The van der Waals surface area contributed by atoms with Crippen molar-refractivity contribution in [3.8, 4) is 0 Å². The van der Waals surface area contributed by atoms with Crippen molar-refractivity contribution in [2.45, 2.75) is 55.6 Å². The Morgan fingerprint density at radius 1 is 0.860 bits per heavy atom. The number of likely N-dealkylation sites (N-methyl/N-ethyl adjacent to an activating group) is 1. The minimum atomic E-state index is -4.00. The van der Waals surface area contributed by atoms with Crippen molar-refractivity contribution in [3.05, 3.63) is 113 Å². The molecule has 5 rings (SSSR count). The average molecular weight is 618 g/mol. The van der Waals surface area contributed by atoms with Crippen LogP contribution in [0, 0.1) is 0 Å². The summed E-state index contributed by atoms with van der Waals surface area (Å²) in [4.78, 5) is 29.6. The molecule has 0 aromatic heterocycles. The Kier molecular flexibility index (Phi) is 9.80. The highest BCUT2D eigenvalue weighted by Gasteiger charge is 2.34. The van der Waals surface area contributed by atoms with Crippen LogP contribution in [0.1, 0.15) is 36.8 Å². The second-order valence-electron chi connectivity index (χ2n) is 11.1. The lowest BCUT2D eigenvalue weighted by molar-refractivity contribution is -0.141. The molecule has 9 heteroatoms. The van der Waals surface area contributed by atoms with Gasteiger partial charge in [0, 0.05) is 31.1 Å². The number of sulfonamides is 1. The molecule has 224 valence electrons. The van der Waals surface area contributed by atoms with Gasteiger partial charge in [0.2, 0.25) is 21.8 Å². The lowest BCUT2D eigenvalue weighted by Gasteiger charge is -2.33. The normalized spacial score (nSPS) is 14.6. The largest absolute Gasteiger partial charge is 0.352 e. The number of amides is 2. The summed E-state index contributed by atoms with van der Waals surface area (Å²) in [6.07, 6.45) is 4.19. The molecule has 4 aromatic rings. The third kappa shape index (κ3) is 7.63. The first kappa shape index (κ1) is 30.7. The molecule has 0 radical (unpaired) electrons. The fourth-order valence-electron chi connectivity index (χ4n) is 5.63. The first-order chi connectivity index (χ1) is 20.7. The smallest absolute Gasteiger partial charge is 0.243 e. The molecule has 1 aliphatic rings. The van der Waals surface area contributed by atoms with Gasteiger partial charge in [-0.25, -0.2) is 8.42 Å². The van der Waals surface area contributed by atoms with E-state index in [1.807, 2.05) is 60.7 Å². The van der Waals surface area contributed by atoms with Crippen molar-refractivity contribution < 1.29 is 18.0 Å². The van der Waals surface area contributed by atoms with Crippen LogP contribution in [0.2, 0.25) is 5.02 Å². The van der Waals surface area contributed by atoms with Gasteiger partial charge in [-0.2, -0.15) is 4.31 Å². The molecule has 0 bridgehead atoms. The average Bonchev–Trinajstić information content (AvgIpc) is 3.52. The summed E-state index contributed by atoms with van der Waals surface area (Å²) in [5.74, 6) is -0.722. The number of nitrogens with one attached hydrogen (secondary N) is 1. The molecule has 1 unspecified atom stereocenters. The maximum absolute atomic E-state index is 14.1. The maximum atomic E-state index is 14.1. The van der Waals surface area contributed by atoms with Crippen LogP contribution in [0.4, 0.5) is 0 Å². The van der Waals surface area contributed by atoms with Gasteiger partial charge in [0.1, 0.15) is 6.04 Å². The zero-order valence-corrected chi connectivity index (χ0v) is 25.7. The van der Waals surface area contributed by atoms with Crippen molar-refractivity contribution >= 4 is 44.2 Å². The molecule has 4 aromatic carbocycles. The molecule has 1 N–H and O–H groups in total. The lowest BCUT2D eigenvalue weighted by atomic mass is 10.0. The van der Waals surface area contributed by atoms with E-state index in [9.17, 15) is 18.0 Å². The van der Waals surface area contributed by atoms with Gasteiger partial charge in [-0.05, 0) is 59.0 Å². The van der Waals surface area contributed by atoms with E-state index in [2.05, 4.69) is 5.32 Å². The van der Waals surface area contributed by atoms with Gasteiger partial charge in [-0.3, -0.25) is 9.59 Å². The predicted octanol–water partition coefficient (Wildman–Crippen LogP) is 5.81. The Morgan fingerprint density at radius 3 is 2.26 bits per heavy atom. The number of halogens is 1. The molecule has 1 aliphatic carbocycles. The summed E-state index contributed by atoms with van der Waals surface area (Å²) >= 11 is 6.28. The number of nitrogens with zero attached hydrogens (tertiary/aromatic N) is 2. The SMILES string of the molecule is CN(CC(=O)N(Cc1cccc(Cl)c1)C(Cc1ccccc1)C(=O)NC1CCCC1)S(=O)(=O)c1ccc2ccccc2c1. The monoisotopic (exact) mass is 617 g/mol. The molecule has 0 heterocycles. The zero-order valence-electron chi connectivity index (χ0n) is 24.2. The van der Waals surface area contributed by atoms with Gasteiger partial charge in [-0.1, -0.05) is 97.2 Å². The van der Waals surface area contributed by atoms with E-state index in [0.717, 1.165) is 51.9 Å². The molecular formula is C34H36ClN3O4S. The fraction of sp³-hybridized carbons (Fsp3) is 0.294. The minimum Gasteiger partial charge on any atom is -0.352 e. The summed E-state index contributed by atoms with van der Waals surface area (Å²) in [6.45, 7) is -0.337. The van der Waals surface area contributed by atoms with E-state index in [0.29, 0.717) is 5.02 Å². The molecule has 7 nitrogen and oxygen atoms in total. The van der Waals surface area contributed by atoms with E-state index in [1.54, 1.807) is 36.4 Å². The van der Waals surface area contributed by atoms with Crippen LogP contribution >= 0.6 is 11.6 Å². The second-order valence-corrected chi connectivity index (χ2v) is 13.6. The minimum absolute atomic E-state index is 0.0600. The van der Waals surface area contributed by atoms with Crippen LogP contribution in [0.15, 0.2) is 102 Å². The first-order valence-corrected chi connectivity index (χ1v) is 16.4. The number of benzene rings is 4. The van der Waals surface area contributed by atoms with Crippen LogP contribution in [0.25, 0.3) is 10.8 Å². The Bertz CT molecular complexity index is 1690. The van der Waals surface area contributed by atoms with Crippen molar-refractivity contribution in [3.63, 3.8) is 0 Å². The summed E-state index contributed by atoms with van der Waals surface area (Å²) in [5.41, 5.74) is 1.64. The predicted molar refractivity (Wildman–Crippen MR) is 170 cm³/mol. The molecule has 1 fully saturated rings. The fourth-order valence-corrected chi connectivity index (χ4v) is 7.00. The van der Waals surface area contributed by atoms with Crippen LogP contribution in [-0.4, -0.2) is 55.1 Å². The third-order valence-corrected chi connectivity index (χ3v) is 10.0. The van der Waals surface area contributed by atoms with Gasteiger partial charge < -0.3 is 10.2 Å². The molecule has 0 spiro atoms. The number of hydrogen-bond acceptors (Lipinski definition) is 4. The lowest BCUT2D eigenvalue weighted by Crippen LogP contribution is -2.54. The van der Waals surface area contributed by atoms with Crippen LogP contribution in [0.5, 0.6) is 0 Å². The Labute approximate surface area is 258 Å². The van der Waals surface area contributed by atoms with E-state index in [4.69, 9.17) is 11.6 Å². The van der Waals surface area contributed by atoms with Gasteiger partial charge >= 0.3 is 0 Å². The zero-order chi connectivity index (χ0) is 30.4. The Balaban J connectivity index is 1.46. The van der Waals surface area contributed by atoms with E-state index < -0.39 is 28.5 Å². The van der Waals surface area contributed by atoms with E-state index >= 15 is 0 Å². The molecule has 0 saturated heterocycles. The highest BCUT2D eigenvalue weighted by Crippen LogP contribution is 2.24.